The van der Waals surface area contributed by atoms with Gasteiger partial charge >= 0.3 is 0 Å². The Morgan fingerprint density at radius 3 is 2.65 bits per heavy atom. The molecule has 1 N–H and O–H groups in total. The lowest BCUT2D eigenvalue weighted by atomic mass is 9.98. The molecule has 0 saturated carbocycles. The summed E-state index contributed by atoms with van der Waals surface area (Å²) in [7, 11) is 0. The van der Waals surface area contributed by atoms with Gasteiger partial charge in [-0.05, 0) is 30.0 Å². The second kappa shape index (κ2) is 9.13. The Morgan fingerprint density at radius 2 is 2.00 bits per heavy atom. The zero-order chi connectivity index (χ0) is 16.5. The van der Waals surface area contributed by atoms with E-state index in [4.69, 9.17) is 0 Å². The lowest BCUT2D eigenvalue weighted by Crippen LogP contribution is -2.30. The molecule has 0 spiro atoms. The molecule has 1 heterocycles. The van der Waals surface area contributed by atoms with E-state index in [9.17, 15) is 4.79 Å². The van der Waals surface area contributed by atoms with E-state index in [2.05, 4.69) is 36.4 Å². The number of carbonyl (C=O) groups excluding carboxylic acids is 1. The van der Waals surface area contributed by atoms with Gasteiger partial charge in [0.05, 0.1) is 6.54 Å². The first-order valence-electron chi connectivity index (χ1n) is 8.56. The number of hydrogen-bond donors (Lipinski definition) is 1. The fraction of sp³-hybridized carbons (Fsp3) is 0.474. The summed E-state index contributed by atoms with van der Waals surface area (Å²) in [6.07, 6.45) is 7.87. The van der Waals surface area contributed by atoms with Crippen LogP contribution in [0.5, 0.6) is 0 Å². The highest BCUT2D eigenvalue weighted by molar-refractivity contribution is 5.78. The molecule has 0 aliphatic heterocycles. The van der Waals surface area contributed by atoms with Crippen molar-refractivity contribution in [2.75, 3.05) is 0 Å². The van der Waals surface area contributed by atoms with Crippen LogP contribution in [-0.4, -0.2) is 15.7 Å². The molecule has 1 atom stereocenters. The van der Waals surface area contributed by atoms with Crippen molar-refractivity contribution in [3.8, 4) is 0 Å². The number of carbonyl (C=O) groups is 1. The lowest BCUT2D eigenvalue weighted by molar-refractivity contribution is -0.125. The largest absolute Gasteiger partial charge is 0.352 e. The highest BCUT2D eigenvalue weighted by atomic mass is 16.1. The molecule has 1 unspecified atom stereocenters. The maximum Gasteiger partial charge on any atom is 0.223 e. The fourth-order valence-electron chi connectivity index (χ4n) is 2.75. The maximum absolute atomic E-state index is 12.4. The third-order valence-corrected chi connectivity index (χ3v) is 4.23. The minimum absolute atomic E-state index is 0.133. The smallest absolute Gasteiger partial charge is 0.223 e. The van der Waals surface area contributed by atoms with E-state index in [1.165, 1.54) is 5.56 Å². The lowest BCUT2D eigenvalue weighted by Gasteiger charge is -2.16. The van der Waals surface area contributed by atoms with Gasteiger partial charge in [-0.3, -0.25) is 9.48 Å². The van der Waals surface area contributed by atoms with Gasteiger partial charge in [-0.25, -0.2) is 0 Å². The predicted octanol–water partition coefficient (Wildman–Crippen LogP) is 3.76. The first kappa shape index (κ1) is 17.3. The van der Waals surface area contributed by atoms with Crippen molar-refractivity contribution in [3.05, 3.63) is 53.9 Å². The van der Waals surface area contributed by atoms with Gasteiger partial charge in [-0.15, -0.1) is 0 Å². The van der Waals surface area contributed by atoms with E-state index in [1.807, 2.05) is 29.1 Å². The molecule has 0 saturated heterocycles. The molecule has 1 amide bonds. The third kappa shape index (κ3) is 5.23. The van der Waals surface area contributed by atoms with Gasteiger partial charge in [-0.2, -0.15) is 5.10 Å². The van der Waals surface area contributed by atoms with E-state index in [-0.39, 0.29) is 11.8 Å². The number of benzene rings is 1. The van der Waals surface area contributed by atoms with Crippen LogP contribution < -0.4 is 5.32 Å². The number of nitrogens with zero attached hydrogens (tertiary/aromatic N) is 2. The van der Waals surface area contributed by atoms with Gasteiger partial charge in [0, 0.05) is 24.9 Å². The summed E-state index contributed by atoms with van der Waals surface area (Å²) < 4.78 is 1.90. The summed E-state index contributed by atoms with van der Waals surface area (Å²) >= 11 is 0. The first-order chi connectivity index (χ1) is 11.2. The van der Waals surface area contributed by atoms with Crippen LogP contribution in [0.4, 0.5) is 0 Å². The average Bonchev–Trinajstić information content (AvgIpc) is 3.08. The monoisotopic (exact) mass is 313 g/mol. The number of amides is 1. The number of hydrogen-bond acceptors (Lipinski definition) is 2. The normalized spacial score (nSPS) is 12.1. The quantitative estimate of drug-likeness (QED) is 0.766. The van der Waals surface area contributed by atoms with Crippen LogP contribution >= 0.6 is 0 Å². The minimum Gasteiger partial charge on any atom is -0.352 e. The summed E-state index contributed by atoms with van der Waals surface area (Å²) in [4.78, 5) is 12.4. The molecular weight excluding hydrogens is 286 g/mol. The van der Waals surface area contributed by atoms with Crippen molar-refractivity contribution in [1.82, 2.24) is 15.1 Å². The molecule has 2 aromatic rings. The van der Waals surface area contributed by atoms with E-state index >= 15 is 0 Å². The summed E-state index contributed by atoms with van der Waals surface area (Å²) in [6, 6.07) is 10.1. The SMILES string of the molecule is CCCCC(CC)C(=O)NCc1ccccc1Cn1cccn1. The van der Waals surface area contributed by atoms with Gasteiger partial charge < -0.3 is 5.32 Å². The topological polar surface area (TPSA) is 46.9 Å². The predicted molar refractivity (Wildman–Crippen MR) is 92.9 cm³/mol. The molecule has 124 valence electrons. The van der Waals surface area contributed by atoms with Crippen LogP contribution in [-0.2, 0) is 17.9 Å². The Balaban J connectivity index is 1.96. The molecule has 1 aromatic carbocycles. The molecule has 4 heteroatoms. The van der Waals surface area contributed by atoms with E-state index in [0.717, 1.165) is 37.8 Å². The third-order valence-electron chi connectivity index (χ3n) is 4.23. The van der Waals surface area contributed by atoms with E-state index < -0.39 is 0 Å². The molecule has 1 aromatic heterocycles. The van der Waals surface area contributed by atoms with Gasteiger partial charge in [-0.1, -0.05) is 51.0 Å². The highest BCUT2D eigenvalue weighted by Gasteiger charge is 2.15. The van der Waals surface area contributed by atoms with E-state index in [1.54, 1.807) is 6.20 Å². The number of rotatable bonds is 9. The second-order valence-electron chi connectivity index (χ2n) is 5.94. The standard InChI is InChI=1S/C19H27N3O/c1-3-5-9-16(4-2)19(23)20-14-17-10-6-7-11-18(17)15-22-13-8-12-21-22/h6-8,10-13,16H,3-5,9,14-15H2,1-2H3,(H,20,23). The van der Waals surface area contributed by atoms with E-state index in [0.29, 0.717) is 6.54 Å². The van der Waals surface area contributed by atoms with Crippen molar-refractivity contribution >= 4 is 5.91 Å². The molecule has 0 aliphatic carbocycles. The van der Waals surface area contributed by atoms with Crippen molar-refractivity contribution in [1.29, 1.82) is 0 Å². The molecule has 0 radical (unpaired) electrons. The average molecular weight is 313 g/mol. The second-order valence-corrected chi connectivity index (χ2v) is 5.94. The Morgan fingerprint density at radius 1 is 1.22 bits per heavy atom. The molecule has 2 rings (SSSR count). The molecule has 23 heavy (non-hydrogen) atoms. The molecule has 0 aliphatic rings. The van der Waals surface area contributed by atoms with Gasteiger partial charge in [0.2, 0.25) is 5.91 Å². The summed E-state index contributed by atoms with van der Waals surface area (Å²) in [5, 5.41) is 7.36. The first-order valence-corrected chi connectivity index (χ1v) is 8.56. The minimum atomic E-state index is 0.133. The van der Waals surface area contributed by atoms with Crippen LogP contribution in [0.2, 0.25) is 0 Å². The highest BCUT2D eigenvalue weighted by Crippen LogP contribution is 2.14. The molecule has 0 fully saturated rings. The van der Waals surface area contributed by atoms with Crippen molar-refractivity contribution in [2.24, 2.45) is 5.92 Å². The Bertz CT molecular complexity index is 592. The van der Waals surface area contributed by atoms with Crippen LogP contribution in [0.25, 0.3) is 0 Å². The fourth-order valence-corrected chi connectivity index (χ4v) is 2.75. The molecule has 4 nitrogen and oxygen atoms in total. The van der Waals surface area contributed by atoms with Crippen LogP contribution in [0.1, 0.15) is 50.7 Å². The number of nitrogens with one attached hydrogen (secondary N) is 1. The van der Waals surface area contributed by atoms with Gasteiger partial charge in [0.1, 0.15) is 0 Å². The van der Waals surface area contributed by atoms with Crippen molar-refractivity contribution in [3.63, 3.8) is 0 Å². The summed E-state index contributed by atoms with van der Waals surface area (Å²) in [5.74, 6) is 0.308. The maximum atomic E-state index is 12.4. The van der Waals surface area contributed by atoms with Crippen LogP contribution in [0.3, 0.4) is 0 Å². The van der Waals surface area contributed by atoms with Crippen LogP contribution in [0, 0.1) is 5.92 Å². The summed E-state index contributed by atoms with van der Waals surface area (Å²) in [6.45, 7) is 5.56. The molecular formula is C19H27N3O. The van der Waals surface area contributed by atoms with Crippen molar-refractivity contribution in [2.45, 2.75) is 52.6 Å². The van der Waals surface area contributed by atoms with Crippen LogP contribution in [0.15, 0.2) is 42.7 Å². The van der Waals surface area contributed by atoms with Crippen molar-refractivity contribution < 1.29 is 4.79 Å². The Hall–Kier alpha value is -2.10. The molecule has 0 bridgehead atoms. The Kier molecular flexibility index (Phi) is 6.85. The number of aromatic nitrogens is 2. The van der Waals surface area contributed by atoms with Gasteiger partial charge in [0.25, 0.3) is 0 Å². The Labute approximate surface area is 138 Å². The zero-order valence-electron chi connectivity index (χ0n) is 14.2. The summed E-state index contributed by atoms with van der Waals surface area (Å²) in [5.41, 5.74) is 2.35. The zero-order valence-corrected chi connectivity index (χ0v) is 14.2. The van der Waals surface area contributed by atoms with Gasteiger partial charge in [0.15, 0.2) is 0 Å². The number of unbranched alkanes of at least 4 members (excludes halogenated alkanes) is 1.